The summed E-state index contributed by atoms with van der Waals surface area (Å²) in [4.78, 5) is 5.32. The Morgan fingerprint density at radius 1 is 1.37 bits per heavy atom. The normalized spacial score (nSPS) is 10.2. The topological polar surface area (TPSA) is 45.9 Å². The molecule has 0 radical (unpaired) electrons. The second-order valence-corrected chi connectivity index (χ2v) is 5.32. The lowest BCUT2D eigenvalue weighted by atomic mass is 10.1. The van der Waals surface area contributed by atoms with Gasteiger partial charge in [0.2, 0.25) is 0 Å². The van der Waals surface area contributed by atoms with E-state index in [9.17, 15) is 0 Å². The van der Waals surface area contributed by atoms with Gasteiger partial charge in [0.1, 0.15) is 16.7 Å². The Morgan fingerprint density at radius 2 is 2.16 bits per heavy atom. The molecule has 3 nitrogen and oxygen atoms in total. The highest BCUT2D eigenvalue weighted by Crippen LogP contribution is 2.25. The number of rotatable bonds is 5. The van der Waals surface area contributed by atoms with Gasteiger partial charge in [-0.3, -0.25) is 0 Å². The average Bonchev–Trinajstić information content (AvgIpc) is 2.82. The smallest absolute Gasteiger partial charge is 0.128 e. The Morgan fingerprint density at radius 3 is 2.84 bits per heavy atom. The molecule has 0 saturated carbocycles. The van der Waals surface area contributed by atoms with Gasteiger partial charge < -0.3 is 4.74 Å². The summed E-state index contributed by atoms with van der Waals surface area (Å²) in [7, 11) is 1.67. The largest absolute Gasteiger partial charge is 0.496 e. The second kappa shape index (κ2) is 6.35. The maximum atomic E-state index is 9.12. The number of methoxy groups -OCH3 is 1. The van der Waals surface area contributed by atoms with Gasteiger partial charge in [0.05, 0.1) is 17.8 Å². The van der Waals surface area contributed by atoms with Crippen molar-refractivity contribution in [3.05, 3.63) is 45.4 Å². The molecule has 0 spiro atoms. The van der Waals surface area contributed by atoms with Crippen molar-refractivity contribution in [2.75, 3.05) is 7.11 Å². The monoisotopic (exact) mass is 272 g/mol. The van der Waals surface area contributed by atoms with Gasteiger partial charge in [0.15, 0.2) is 0 Å². The molecule has 0 fully saturated rings. The number of nitrogens with zero attached hydrogens (tertiary/aromatic N) is 2. The van der Waals surface area contributed by atoms with E-state index in [4.69, 9.17) is 10.00 Å². The predicted octanol–water partition coefficient (Wildman–Crippen LogP) is 3.57. The molecule has 0 unspecified atom stereocenters. The Bertz CT molecular complexity index is 598. The van der Waals surface area contributed by atoms with E-state index in [0.717, 1.165) is 39.7 Å². The molecule has 0 atom stereocenters. The van der Waals surface area contributed by atoms with Crippen molar-refractivity contribution in [2.45, 2.75) is 26.2 Å². The first-order chi connectivity index (χ1) is 9.28. The second-order valence-electron chi connectivity index (χ2n) is 4.23. The maximum absolute atomic E-state index is 9.12. The van der Waals surface area contributed by atoms with E-state index in [1.807, 2.05) is 24.3 Å². The van der Waals surface area contributed by atoms with Crippen LogP contribution in [0.15, 0.2) is 24.3 Å². The quantitative estimate of drug-likeness (QED) is 0.836. The van der Waals surface area contributed by atoms with Crippen LogP contribution in [0.4, 0.5) is 0 Å². The number of nitriles is 1. The highest BCUT2D eigenvalue weighted by molar-refractivity contribution is 7.12. The lowest BCUT2D eigenvalue weighted by Crippen LogP contribution is -1.93. The van der Waals surface area contributed by atoms with E-state index in [1.165, 1.54) is 11.3 Å². The molecule has 2 rings (SSSR count). The first kappa shape index (κ1) is 13.6. The summed E-state index contributed by atoms with van der Waals surface area (Å²) in [6.45, 7) is 2.10. The molecule has 1 heterocycles. The van der Waals surface area contributed by atoms with Crippen LogP contribution in [0, 0.1) is 11.3 Å². The van der Waals surface area contributed by atoms with Gasteiger partial charge in [0, 0.05) is 12.0 Å². The fourth-order valence-electron chi connectivity index (χ4n) is 1.98. The number of hydrogen-bond acceptors (Lipinski definition) is 4. The van der Waals surface area contributed by atoms with Crippen LogP contribution in [-0.4, -0.2) is 12.1 Å². The van der Waals surface area contributed by atoms with Gasteiger partial charge in [-0.05, 0) is 12.5 Å². The highest BCUT2D eigenvalue weighted by atomic mass is 32.1. The molecule has 1 aromatic carbocycles. The average molecular weight is 272 g/mol. The fourth-order valence-corrected chi connectivity index (χ4v) is 2.91. The first-order valence-electron chi connectivity index (χ1n) is 6.29. The first-order valence-corrected chi connectivity index (χ1v) is 7.10. The van der Waals surface area contributed by atoms with Crippen LogP contribution < -0.4 is 4.74 Å². The number of thiazole rings is 1. The summed E-state index contributed by atoms with van der Waals surface area (Å²) in [5, 5.41) is 10.1. The van der Waals surface area contributed by atoms with E-state index in [0.29, 0.717) is 6.42 Å². The van der Waals surface area contributed by atoms with Crippen molar-refractivity contribution < 1.29 is 4.74 Å². The molecule has 0 aliphatic rings. The molecular weight excluding hydrogens is 256 g/mol. The summed E-state index contributed by atoms with van der Waals surface area (Å²) < 4.78 is 5.34. The van der Waals surface area contributed by atoms with Crippen molar-refractivity contribution in [3.63, 3.8) is 0 Å². The zero-order chi connectivity index (χ0) is 13.7. The van der Waals surface area contributed by atoms with E-state index in [1.54, 1.807) is 7.11 Å². The minimum atomic E-state index is 0.715. The van der Waals surface area contributed by atoms with Crippen LogP contribution in [0.2, 0.25) is 0 Å². The fraction of sp³-hybridized carbons (Fsp3) is 0.333. The molecule has 0 amide bonds. The summed E-state index contributed by atoms with van der Waals surface area (Å²) in [5.74, 6) is 0.869. The van der Waals surface area contributed by atoms with Crippen molar-refractivity contribution in [2.24, 2.45) is 0 Å². The molecule has 1 aromatic heterocycles. The van der Waals surface area contributed by atoms with Gasteiger partial charge >= 0.3 is 0 Å². The zero-order valence-electron chi connectivity index (χ0n) is 11.1. The van der Waals surface area contributed by atoms with Crippen LogP contribution in [0.25, 0.3) is 0 Å². The molecule has 0 bridgehead atoms. The summed E-state index contributed by atoms with van der Waals surface area (Å²) >= 11 is 1.49. The third-order valence-corrected chi connectivity index (χ3v) is 3.87. The van der Waals surface area contributed by atoms with Crippen molar-refractivity contribution >= 4 is 11.3 Å². The van der Waals surface area contributed by atoms with E-state index >= 15 is 0 Å². The summed E-state index contributed by atoms with van der Waals surface area (Å²) in [6.07, 6.45) is 2.59. The van der Waals surface area contributed by atoms with Crippen LogP contribution in [-0.2, 0) is 12.8 Å². The third-order valence-electron chi connectivity index (χ3n) is 2.86. The minimum absolute atomic E-state index is 0.715. The molecule has 98 valence electrons. The van der Waals surface area contributed by atoms with Gasteiger partial charge in [-0.15, -0.1) is 11.3 Å². The maximum Gasteiger partial charge on any atom is 0.128 e. The summed E-state index contributed by atoms with van der Waals surface area (Å²) in [6, 6.07) is 10.2. The minimum Gasteiger partial charge on any atom is -0.496 e. The number of hydrogen-bond donors (Lipinski definition) is 0. The van der Waals surface area contributed by atoms with Crippen LogP contribution in [0.5, 0.6) is 5.75 Å². The molecule has 2 aromatic rings. The Labute approximate surface area is 117 Å². The molecule has 19 heavy (non-hydrogen) atoms. The number of ether oxygens (including phenoxy) is 1. The van der Waals surface area contributed by atoms with Gasteiger partial charge in [-0.25, -0.2) is 4.98 Å². The Kier molecular flexibility index (Phi) is 4.53. The van der Waals surface area contributed by atoms with Gasteiger partial charge in [-0.2, -0.15) is 5.26 Å². The van der Waals surface area contributed by atoms with Crippen molar-refractivity contribution in [1.29, 1.82) is 5.26 Å². The van der Waals surface area contributed by atoms with Gasteiger partial charge in [-0.1, -0.05) is 31.5 Å². The molecular formula is C15H16N2OS. The number of aromatic nitrogens is 1. The molecule has 0 aliphatic heterocycles. The molecule has 0 saturated heterocycles. The standard InChI is InChI=1S/C15H16N2OS/c1-3-6-12-14(10-16)19-15(17-12)9-11-7-4-5-8-13(11)18-2/h4-5,7-8H,3,6,9H2,1-2H3. The number of benzene rings is 1. The highest BCUT2D eigenvalue weighted by Gasteiger charge is 2.12. The molecule has 4 heteroatoms. The van der Waals surface area contributed by atoms with Crippen LogP contribution in [0.1, 0.15) is 34.5 Å². The lowest BCUT2D eigenvalue weighted by molar-refractivity contribution is 0.410. The van der Waals surface area contributed by atoms with Gasteiger partial charge in [0.25, 0.3) is 0 Å². The number of aryl methyl sites for hydroxylation is 1. The third kappa shape index (κ3) is 3.12. The number of para-hydroxylation sites is 1. The predicted molar refractivity (Wildman–Crippen MR) is 76.6 cm³/mol. The lowest BCUT2D eigenvalue weighted by Gasteiger charge is -2.05. The molecule has 0 aliphatic carbocycles. The van der Waals surface area contributed by atoms with Crippen LogP contribution >= 0.6 is 11.3 Å². The van der Waals surface area contributed by atoms with Crippen LogP contribution in [0.3, 0.4) is 0 Å². The molecule has 0 N–H and O–H groups in total. The SMILES string of the molecule is CCCc1nc(Cc2ccccc2OC)sc1C#N. The summed E-state index contributed by atoms with van der Waals surface area (Å²) in [5.41, 5.74) is 2.03. The van der Waals surface area contributed by atoms with Crippen molar-refractivity contribution in [3.8, 4) is 11.8 Å². The Hall–Kier alpha value is -1.86. The van der Waals surface area contributed by atoms with E-state index in [2.05, 4.69) is 18.0 Å². The van der Waals surface area contributed by atoms with E-state index in [-0.39, 0.29) is 0 Å². The Balaban J connectivity index is 2.26. The van der Waals surface area contributed by atoms with E-state index < -0.39 is 0 Å². The van der Waals surface area contributed by atoms with Crippen molar-refractivity contribution in [1.82, 2.24) is 4.98 Å². The zero-order valence-corrected chi connectivity index (χ0v) is 12.0.